The molecule has 19 heavy (non-hydrogen) atoms. The van der Waals surface area contributed by atoms with Crippen molar-refractivity contribution in [2.75, 3.05) is 20.0 Å². The van der Waals surface area contributed by atoms with Gasteiger partial charge in [0, 0.05) is 12.1 Å². The van der Waals surface area contributed by atoms with Gasteiger partial charge in [0.2, 0.25) is 0 Å². The Morgan fingerprint density at radius 1 is 1.37 bits per heavy atom. The number of carboxylic acids is 1. The maximum atomic E-state index is 10.4. The van der Waals surface area contributed by atoms with Gasteiger partial charge in [-0.1, -0.05) is 0 Å². The van der Waals surface area contributed by atoms with Crippen molar-refractivity contribution in [2.45, 2.75) is 5.75 Å². The van der Waals surface area contributed by atoms with Crippen LogP contribution in [-0.4, -0.2) is 41.0 Å². The highest BCUT2D eigenvalue weighted by molar-refractivity contribution is 7.99. The number of benzene rings is 1. The predicted octanol–water partition coefficient (Wildman–Crippen LogP) is 1.90. The number of imidazole rings is 1. The topological polar surface area (TPSA) is 84.4 Å². The summed E-state index contributed by atoms with van der Waals surface area (Å²) in [5.74, 6) is 1.73. The number of aromatic amines is 1. The van der Waals surface area contributed by atoms with Crippen molar-refractivity contribution >= 4 is 28.8 Å². The van der Waals surface area contributed by atoms with E-state index in [4.69, 9.17) is 14.6 Å². The number of hydrogen-bond donors (Lipinski definition) is 2. The summed E-state index contributed by atoms with van der Waals surface area (Å²) >= 11 is 1.29. The fraction of sp³-hybridized carbons (Fsp3) is 0.333. The normalized spacial score (nSPS) is 10.6. The number of fused-ring (bicyclic) bond motifs is 1. The summed E-state index contributed by atoms with van der Waals surface area (Å²) in [4.78, 5) is 18.0. The Bertz CT molecular complexity index is 556. The number of carboxylic acid groups (broad SMARTS) is 1. The van der Waals surface area contributed by atoms with Gasteiger partial charge >= 0.3 is 5.97 Å². The van der Waals surface area contributed by atoms with Crippen molar-refractivity contribution in [2.24, 2.45) is 0 Å². The van der Waals surface area contributed by atoms with Crippen molar-refractivity contribution in [3.05, 3.63) is 18.0 Å². The fourth-order valence-corrected chi connectivity index (χ4v) is 2.30. The Morgan fingerprint density at radius 3 is 2.68 bits per heavy atom. The van der Waals surface area contributed by atoms with Crippen LogP contribution in [-0.2, 0) is 10.5 Å². The molecule has 0 radical (unpaired) electrons. The van der Waals surface area contributed by atoms with E-state index < -0.39 is 5.97 Å². The van der Waals surface area contributed by atoms with E-state index >= 15 is 0 Å². The van der Waals surface area contributed by atoms with E-state index in [1.54, 1.807) is 20.3 Å². The zero-order valence-electron chi connectivity index (χ0n) is 10.6. The number of carbonyl (C=O) groups is 1. The highest BCUT2D eigenvalue weighted by atomic mass is 32.2. The number of methoxy groups -OCH3 is 2. The zero-order chi connectivity index (χ0) is 13.8. The number of rotatable bonds is 6. The Balaban J connectivity index is 2.22. The molecule has 2 rings (SSSR count). The van der Waals surface area contributed by atoms with Crippen molar-refractivity contribution < 1.29 is 19.4 Å². The third-order valence-corrected chi connectivity index (χ3v) is 3.43. The third kappa shape index (κ3) is 3.11. The summed E-state index contributed by atoms with van der Waals surface area (Å²) in [6.07, 6.45) is 0. The molecule has 7 heteroatoms. The Labute approximate surface area is 114 Å². The smallest absolute Gasteiger partial charge is 0.313 e. The van der Waals surface area contributed by atoms with Gasteiger partial charge in [-0.25, -0.2) is 4.98 Å². The van der Waals surface area contributed by atoms with Crippen LogP contribution in [0.15, 0.2) is 12.1 Å². The maximum Gasteiger partial charge on any atom is 0.313 e. The minimum atomic E-state index is -0.829. The molecule has 0 fully saturated rings. The lowest BCUT2D eigenvalue weighted by Crippen LogP contribution is -1.98. The molecule has 0 bridgehead atoms. The SMILES string of the molecule is COc1cc2nc(CSCC(=O)O)[nH]c2cc1OC. The van der Waals surface area contributed by atoms with Crippen LogP contribution >= 0.6 is 11.8 Å². The third-order valence-electron chi connectivity index (χ3n) is 2.50. The van der Waals surface area contributed by atoms with Gasteiger partial charge in [0.1, 0.15) is 5.82 Å². The number of aromatic nitrogens is 2. The van der Waals surface area contributed by atoms with Crippen molar-refractivity contribution in [3.8, 4) is 11.5 Å². The van der Waals surface area contributed by atoms with Crippen molar-refractivity contribution in [1.82, 2.24) is 9.97 Å². The minimum absolute atomic E-state index is 0.0592. The quantitative estimate of drug-likeness (QED) is 0.841. The molecule has 0 saturated heterocycles. The van der Waals surface area contributed by atoms with Crippen LogP contribution in [0.25, 0.3) is 11.0 Å². The van der Waals surface area contributed by atoms with Gasteiger partial charge in [-0.05, 0) is 0 Å². The molecule has 0 saturated carbocycles. The number of nitrogens with one attached hydrogen (secondary N) is 1. The van der Waals surface area contributed by atoms with Gasteiger partial charge in [0.05, 0.1) is 36.8 Å². The number of nitrogens with zero attached hydrogens (tertiary/aromatic N) is 1. The van der Waals surface area contributed by atoms with E-state index in [9.17, 15) is 4.79 Å². The van der Waals surface area contributed by atoms with Crippen LogP contribution in [0.1, 0.15) is 5.82 Å². The minimum Gasteiger partial charge on any atom is -0.493 e. The molecule has 1 aromatic carbocycles. The van der Waals surface area contributed by atoms with E-state index in [2.05, 4.69) is 9.97 Å². The second kappa shape index (κ2) is 5.83. The molecule has 6 nitrogen and oxygen atoms in total. The molecule has 1 aromatic heterocycles. The van der Waals surface area contributed by atoms with Crippen molar-refractivity contribution in [3.63, 3.8) is 0 Å². The van der Waals surface area contributed by atoms with E-state index in [-0.39, 0.29) is 5.75 Å². The molecule has 102 valence electrons. The summed E-state index contributed by atoms with van der Waals surface area (Å²) in [7, 11) is 3.14. The van der Waals surface area contributed by atoms with E-state index in [1.165, 1.54) is 11.8 Å². The van der Waals surface area contributed by atoms with Crippen LogP contribution in [0.3, 0.4) is 0 Å². The first-order chi connectivity index (χ1) is 9.13. The van der Waals surface area contributed by atoms with Gasteiger partial charge in [-0.15, -0.1) is 11.8 Å². The second-order valence-electron chi connectivity index (χ2n) is 3.79. The second-order valence-corrected chi connectivity index (χ2v) is 4.78. The van der Waals surface area contributed by atoms with E-state index in [0.717, 1.165) is 16.9 Å². The predicted molar refractivity (Wildman–Crippen MR) is 73.0 cm³/mol. The summed E-state index contributed by atoms with van der Waals surface area (Å²) < 4.78 is 10.4. The molecule has 0 aliphatic carbocycles. The molecule has 2 aromatic rings. The van der Waals surface area contributed by atoms with Gasteiger partial charge in [-0.2, -0.15) is 0 Å². The molecule has 1 heterocycles. The molecule has 0 aliphatic heterocycles. The van der Waals surface area contributed by atoms with E-state index in [1.807, 2.05) is 6.07 Å². The number of H-pyrrole nitrogens is 1. The Hall–Kier alpha value is -1.89. The first kappa shape index (κ1) is 13.5. The molecule has 2 N–H and O–H groups in total. The molecule has 0 atom stereocenters. The molecule has 0 aliphatic rings. The first-order valence-electron chi connectivity index (χ1n) is 5.54. The summed E-state index contributed by atoms with van der Waals surface area (Å²) in [5, 5.41) is 8.58. The number of thioether (sulfide) groups is 1. The van der Waals surface area contributed by atoms with Crippen LogP contribution in [0, 0.1) is 0 Å². The molecular weight excluding hydrogens is 268 g/mol. The molecular formula is C12H14N2O4S. The van der Waals surface area contributed by atoms with Crippen LogP contribution in [0.4, 0.5) is 0 Å². The number of aliphatic carboxylic acids is 1. The van der Waals surface area contributed by atoms with Gasteiger partial charge in [-0.3, -0.25) is 4.79 Å². The lowest BCUT2D eigenvalue weighted by atomic mass is 10.3. The highest BCUT2D eigenvalue weighted by Crippen LogP contribution is 2.31. The van der Waals surface area contributed by atoms with Gasteiger partial charge in [0.15, 0.2) is 11.5 Å². The largest absolute Gasteiger partial charge is 0.493 e. The fourth-order valence-electron chi connectivity index (χ4n) is 1.69. The summed E-state index contributed by atoms with van der Waals surface area (Å²) in [6.45, 7) is 0. The van der Waals surface area contributed by atoms with Crippen LogP contribution in [0.5, 0.6) is 11.5 Å². The van der Waals surface area contributed by atoms with Crippen LogP contribution in [0.2, 0.25) is 0 Å². The highest BCUT2D eigenvalue weighted by Gasteiger charge is 2.10. The molecule has 0 unspecified atom stereocenters. The average molecular weight is 282 g/mol. The van der Waals surface area contributed by atoms with E-state index in [0.29, 0.717) is 17.3 Å². The van der Waals surface area contributed by atoms with Gasteiger partial charge < -0.3 is 19.6 Å². The summed E-state index contributed by atoms with van der Waals surface area (Å²) in [6, 6.07) is 3.60. The molecule has 0 amide bonds. The van der Waals surface area contributed by atoms with Gasteiger partial charge in [0.25, 0.3) is 0 Å². The number of hydrogen-bond acceptors (Lipinski definition) is 5. The number of ether oxygens (including phenoxy) is 2. The zero-order valence-corrected chi connectivity index (χ0v) is 11.4. The maximum absolute atomic E-state index is 10.4. The average Bonchev–Trinajstić information content (AvgIpc) is 2.77. The molecule has 0 spiro atoms. The van der Waals surface area contributed by atoms with Crippen LogP contribution < -0.4 is 9.47 Å². The summed E-state index contributed by atoms with van der Waals surface area (Å²) in [5.41, 5.74) is 1.60. The van der Waals surface area contributed by atoms with Crippen molar-refractivity contribution in [1.29, 1.82) is 0 Å². The monoisotopic (exact) mass is 282 g/mol. The Morgan fingerprint density at radius 2 is 2.05 bits per heavy atom. The first-order valence-corrected chi connectivity index (χ1v) is 6.69. The Kier molecular flexibility index (Phi) is 4.16. The standard InChI is InChI=1S/C12H14N2O4S/c1-17-9-3-7-8(4-10(9)18-2)14-11(13-7)5-19-6-12(15)16/h3-4H,5-6H2,1-2H3,(H,13,14)(H,15,16). The lowest BCUT2D eigenvalue weighted by molar-refractivity contribution is -0.133. The lowest BCUT2D eigenvalue weighted by Gasteiger charge is -2.06.